The molecule has 1 aliphatic heterocycles. The molecule has 1 fully saturated rings. The Morgan fingerprint density at radius 3 is 2.87 bits per heavy atom. The van der Waals surface area contributed by atoms with Crippen LogP contribution in [0.2, 0.25) is 5.02 Å². The van der Waals surface area contributed by atoms with E-state index in [-0.39, 0.29) is 24.1 Å². The van der Waals surface area contributed by atoms with Crippen LogP contribution in [0.1, 0.15) is 24.1 Å². The van der Waals surface area contributed by atoms with E-state index in [1.54, 1.807) is 12.3 Å². The number of carbonyl (C=O) groups is 1. The number of piperidine rings is 1. The van der Waals surface area contributed by atoms with Crippen LogP contribution in [0.3, 0.4) is 0 Å². The number of hydrogen-bond acceptors (Lipinski definition) is 4. The summed E-state index contributed by atoms with van der Waals surface area (Å²) in [6, 6.07) is 15.8. The molecule has 0 aliphatic carbocycles. The quantitative estimate of drug-likeness (QED) is 0.548. The Hall–Kier alpha value is -2.76. The van der Waals surface area contributed by atoms with E-state index in [0.29, 0.717) is 22.9 Å². The van der Waals surface area contributed by atoms with Crippen LogP contribution in [0, 0.1) is 11.7 Å². The number of Topliss-reactive ketones (excluding diaryl/α,β-unsaturated/α-hetero) is 1. The Kier molecular flexibility index (Phi) is 6.95. The van der Waals surface area contributed by atoms with Crippen LogP contribution in [0.5, 0.6) is 5.75 Å². The van der Waals surface area contributed by atoms with Crippen molar-refractivity contribution in [2.24, 2.45) is 5.92 Å². The van der Waals surface area contributed by atoms with Gasteiger partial charge in [-0.1, -0.05) is 35.9 Å². The van der Waals surface area contributed by atoms with E-state index in [1.807, 2.05) is 36.4 Å². The average molecular weight is 439 g/mol. The zero-order valence-electron chi connectivity index (χ0n) is 17.1. The highest BCUT2D eigenvalue weighted by Gasteiger charge is 2.21. The molecule has 0 spiro atoms. The number of pyridine rings is 1. The molecule has 31 heavy (non-hydrogen) atoms. The maximum Gasteiger partial charge on any atom is 0.143 e. The summed E-state index contributed by atoms with van der Waals surface area (Å²) in [4.78, 5) is 17.0. The normalized spacial score (nSPS) is 16.1. The van der Waals surface area contributed by atoms with Crippen molar-refractivity contribution in [3.63, 3.8) is 0 Å². The second-order valence-electron chi connectivity index (χ2n) is 7.79. The number of halogens is 2. The summed E-state index contributed by atoms with van der Waals surface area (Å²) in [5.41, 5.74) is 3.14. The fourth-order valence-corrected chi connectivity index (χ4v) is 4.01. The molecule has 0 bridgehead atoms. The van der Waals surface area contributed by atoms with Gasteiger partial charge in [-0.3, -0.25) is 9.78 Å². The number of aromatic nitrogens is 1. The van der Waals surface area contributed by atoms with Crippen molar-refractivity contribution in [2.75, 3.05) is 13.1 Å². The Bertz CT molecular complexity index is 1070. The lowest BCUT2D eigenvalue weighted by Gasteiger charge is -2.21. The van der Waals surface area contributed by atoms with Gasteiger partial charge in [-0.2, -0.15) is 0 Å². The molecule has 1 aliphatic rings. The Labute approximate surface area is 186 Å². The van der Waals surface area contributed by atoms with E-state index >= 15 is 0 Å². The molecule has 3 aromatic rings. The zero-order chi connectivity index (χ0) is 21.6. The fourth-order valence-electron chi connectivity index (χ4n) is 3.80. The lowest BCUT2D eigenvalue weighted by Crippen LogP contribution is -2.35. The first-order chi connectivity index (χ1) is 15.1. The van der Waals surface area contributed by atoms with Crippen molar-refractivity contribution >= 4 is 17.4 Å². The molecule has 0 amide bonds. The second-order valence-corrected chi connectivity index (χ2v) is 8.20. The third-order valence-electron chi connectivity index (χ3n) is 5.46. The summed E-state index contributed by atoms with van der Waals surface area (Å²) in [7, 11) is 0. The summed E-state index contributed by atoms with van der Waals surface area (Å²) in [5, 5.41) is 3.80. The summed E-state index contributed by atoms with van der Waals surface area (Å²) in [6.07, 6.45) is 3.85. The van der Waals surface area contributed by atoms with Gasteiger partial charge in [0.25, 0.3) is 0 Å². The van der Waals surface area contributed by atoms with Crippen LogP contribution >= 0.6 is 11.6 Å². The van der Waals surface area contributed by atoms with Gasteiger partial charge in [-0.25, -0.2) is 4.39 Å². The second kappa shape index (κ2) is 10.0. The first kappa shape index (κ1) is 21.5. The van der Waals surface area contributed by atoms with E-state index in [1.165, 1.54) is 12.1 Å². The van der Waals surface area contributed by atoms with Crippen molar-refractivity contribution in [3.05, 3.63) is 82.9 Å². The van der Waals surface area contributed by atoms with Gasteiger partial charge in [0.05, 0.1) is 5.02 Å². The topological polar surface area (TPSA) is 51.2 Å². The van der Waals surface area contributed by atoms with Crippen LogP contribution in [0.25, 0.3) is 11.1 Å². The minimum Gasteiger partial charge on any atom is -0.489 e. The molecular formula is C25H24ClFN2O2. The van der Waals surface area contributed by atoms with Gasteiger partial charge < -0.3 is 10.1 Å². The monoisotopic (exact) mass is 438 g/mol. The first-order valence-electron chi connectivity index (χ1n) is 10.4. The minimum absolute atomic E-state index is 0.0502. The van der Waals surface area contributed by atoms with Gasteiger partial charge >= 0.3 is 0 Å². The highest BCUT2D eigenvalue weighted by atomic mass is 35.5. The van der Waals surface area contributed by atoms with Gasteiger partial charge in [0, 0.05) is 36.3 Å². The standard InChI is InChI=1S/C25H24ClFN2O2/c26-24-15-29-21(13-25(30)19-6-3-9-28-14-19)12-23(24)18-5-2-8-22(11-18)31-16-17-4-1-7-20(27)10-17/h1-2,4-5,7-8,10-12,15,19,28H,3,6,9,13-14,16H2/t19-/m1/s1. The molecule has 4 rings (SSSR count). The third-order valence-corrected chi connectivity index (χ3v) is 5.76. The molecular weight excluding hydrogens is 415 g/mol. The number of nitrogens with one attached hydrogen (secondary N) is 1. The minimum atomic E-state index is -0.287. The van der Waals surface area contributed by atoms with Crippen LogP contribution < -0.4 is 10.1 Å². The number of benzene rings is 2. The number of ketones is 1. The summed E-state index contributed by atoms with van der Waals surface area (Å²) in [6.45, 7) is 1.98. The molecule has 0 saturated carbocycles. The predicted octanol–water partition coefficient (Wildman–Crippen LogP) is 5.23. The number of carbonyl (C=O) groups excluding carboxylic acids is 1. The van der Waals surface area contributed by atoms with Crippen molar-refractivity contribution < 1.29 is 13.9 Å². The molecule has 1 atom stereocenters. The van der Waals surface area contributed by atoms with Gasteiger partial charge in [-0.05, 0) is 60.8 Å². The van der Waals surface area contributed by atoms with Crippen molar-refractivity contribution in [1.82, 2.24) is 10.3 Å². The maximum absolute atomic E-state index is 13.4. The molecule has 0 unspecified atom stereocenters. The van der Waals surface area contributed by atoms with Crippen molar-refractivity contribution in [3.8, 4) is 16.9 Å². The molecule has 160 valence electrons. The molecule has 1 N–H and O–H groups in total. The van der Waals surface area contributed by atoms with Crippen molar-refractivity contribution in [1.29, 1.82) is 0 Å². The molecule has 1 aromatic heterocycles. The lowest BCUT2D eigenvalue weighted by molar-refractivity contribution is -0.122. The summed E-state index contributed by atoms with van der Waals surface area (Å²) < 4.78 is 19.2. The van der Waals surface area contributed by atoms with Crippen LogP contribution in [0.4, 0.5) is 4.39 Å². The van der Waals surface area contributed by atoms with Gasteiger partial charge in [0.1, 0.15) is 24.0 Å². The highest BCUT2D eigenvalue weighted by molar-refractivity contribution is 6.33. The molecule has 4 nitrogen and oxygen atoms in total. The average Bonchev–Trinajstić information content (AvgIpc) is 2.80. The first-order valence-corrected chi connectivity index (χ1v) is 10.8. The molecule has 0 radical (unpaired) electrons. The number of nitrogens with zero attached hydrogens (tertiary/aromatic N) is 1. The zero-order valence-corrected chi connectivity index (χ0v) is 17.9. The molecule has 1 saturated heterocycles. The summed E-state index contributed by atoms with van der Waals surface area (Å²) in [5.74, 6) is 0.624. The number of ether oxygens (including phenoxy) is 1. The van der Waals surface area contributed by atoms with Crippen LogP contribution in [-0.2, 0) is 17.8 Å². The van der Waals surface area contributed by atoms with Crippen LogP contribution in [-0.4, -0.2) is 23.9 Å². The SMILES string of the molecule is O=C(Cc1cc(-c2cccc(OCc3cccc(F)c3)c2)c(Cl)cn1)[C@@H]1CCCNC1. The third kappa shape index (κ3) is 5.69. The van der Waals surface area contributed by atoms with E-state index in [9.17, 15) is 9.18 Å². The predicted molar refractivity (Wildman–Crippen MR) is 120 cm³/mol. The van der Waals surface area contributed by atoms with Gasteiger partial charge in [0.2, 0.25) is 0 Å². The highest BCUT2D eigenvalue weighted by Crippen LogP contribution is 2.31. The van der Waals surface area contributed by atoms with E-state index < -0.39 is 0 Å². The summed E-state index contributed by atoms with van der Waals surface area (Å²) >= 11 is 6.42. The van der Waals surface area contributed by atoms with Crippen LogP contribution in [0.15, 0.2) is 60.8 Å². The Balaban J connectivity index is 1.48. The number of rotatable bonds is 7. The van der Waals surface area contributed by atoms with E-state index in [4.69, 9.17) is 16.3 Å². The molecule has 2 aromatic carbocycles. The van der Waals surface area contributed by atoms with Gasteiger partial charge in [0.15, 0.2) is 0 Å². The smallest absolute Gasteiger partial charge is 0.143 e. The maximum atomic E-state index is 13.4. The number of hydrogen-bond donors (Lipinski definition) is 1. The lowest BCUT2D eigenvalue weighted by atomic mass is 9.92. The molecule has 6 heteroatoms. The largest absolute Gasteiger partial charge is 0.489 e. The van der Waals surface area contributed by atoms with E-state index in [0.717, 1.165) is 42.6 Å². The van der Waals surface area contributed by atoms with E-state index in [2.05, 4.69) is 10.3 Å². The molecule has 2 heterocycles. The van der Waals surface area contributed by atoms with Gasteiger partial charge in [-0.15, -0.1) is 0 Å². The van der Waals surface area contributed by atoms with Crippen molar-refractivity contribution in [2.45, 2.75) is 25.9 Å². The Morgan fingerprint density at radius 2 is 2.06 bits per heavy atom. The fraction of sp³-hybridized carbons (Fsp3) is 0.280. The Morgan fingerprint density at radius 1 is 1.19 bits per heavy atom.